The third-order valence-corrected chi connectivity index (χ3v) is 4.14. The molecule has 114 valence electrons. The molecular formula is C19H20O3. The predicted molar refractivity (Wildman–Crippen MR) is 84.8 cm³/mol. The van der Waals surface area contributed by atoms with Crippen molar-refractivity contribution in [3.05, 3.63) is 64.7 Å². The van der Waals surface area contributed by atoms with Crippen molar-refractivity contribution in [2.45, 2.75) is 39.4 Å². The summed E-state index contributed by atoms with van der Waals surface area (Å²) in [6, 6.07) is 14.1. The summed E-state index contributed by atoms with van der Waals surface area (Å²) in [5.74, 6) is 0.690. The molecule has 1 atom stereocenters. The molecule has 3 rings (SSSR count). The molecule has 0 N–H and O–H groups in total. The Kier molecular flexibility index (Phi) is 4.14. The summed E-state index contributed by atoms with van der Waals surface area (Å²) < 4.78 is 11.2. The first kappa shape index (κ1) is 14.6. The normalized spacial score (nSPS) is 17.4. The van der Waals surface area contributed by atoms with Crippen LogP contribution in [0.4, 0.5) is 0 Å². The van der Waals surface area contributed by atoms with Gasteiger partial charge in [0.1, 0.15) is 18.5 Å². The second-order valence-corrected chi connectivity index (χ2v) is 5.75. The molecule has 0 aromatic heterocycles. The fraction of sp³-hybridized carbons (Fsp3) is 0.316. The molecule has 1 aliphatic heterocycles. The first-order chi connectivity index (χ1) is 10.6. The lowest BCUT2D eigenvalue weighted by Gasteiger charge is -2.14. The Hall–Kier alpha value is -2.29. The Morgan fingerprint density at radius 2 is 1.86 bits per heavy atom. The number of cyclic esters (lactones) is 1. The van der Waals surface area contributed by atoms with Gasteiger partial charge in [-0.05, 0) is 54.7 Å². The molecule has 2 aromatic carbocycles. The van der Waals surface area contributed by atoms with Gasteiger partial charge in [-0.2, -0.15) is 0 Å². The fourth-order valence-corrected chi connectivity index (χ4v) is 2.80. The van der Waals surface area contributed by atoms with E-state index in [0.717, 1.165) is 17.7 Å². The number of ether oxygens (including phenoxy) is 2. The van der Waals surface area contributed by atoms with Crippen LogP contribution in [-0.2, 0) is 16.1 Å². The van der Waals surface area contributed by atoms with E-state index in [2.05, 4.69) is 32.0 Å². The summed E-state index contributed by atoms with van der Waals surface area (Å²) in [5, 5.41) is 0. The molecule has 1 saturated heterocycles. The molecular weight excluding hydrogens is 276 g/mol. The molecule has 0 bridgehead atoms. The van der Waals surface area contributed by atoms with Gasteiger partial charge in [0.15, 0.2) is 0 Å². The number of rotatable bonds is 4. The van der Waals surface area contributed by atoms with Crippen molar-refractivity contribution in [2.75, 3.05) is 0 Å². The minimum Gasteiger partial charge on any atom is -0.489 e. The zero-order chi connectivity index (χ0) is 15.5. The lowest BCUT2D eigenvalue weighted by molar-refractivity contribution is -0.141. The summed E-state index contributed by atoms with van der Waals surface area (Å²) in [6.45, 7) is 4.74. The molecule has 1 fully saturated rings. The summed E-state index contributed by atoms with van der Waals surface area (Å²) in [5.41, 5.74) is 4.70. The summed E-state index contributed by atoms with van der Waals surface area (Å²) in [7, 11) is 0. The topological polar surface area (TPSA) is 35.5 Å². The Bertz CT molecular complexity index is 671. The summed E-state index contributed by atoms with van der Waals surface area (Å²) in [6.07, 6.45) is 1.12. The van der Waals surface area contributed by atoms with Gasteiger partial charge in [0.2, 0.25) is 0 Å². The molecule has 3 heteroatoms. The van der Waals surface area contributed by atoms with Crippen LogP contribution in [0.15, 0.2) is 42.5 Å². The van der Waals surface area contributed by atoms with Gasteiger partial charge in [0.05, 0.1) is 0 Å². The molecule has 0 spiro atoms. The third-order valence-electron chi connectivity index (χ3n) is 4.14. The van der Waals surface area contributed by atoms with Crippen molar-refractivity contribution in [1.29, 1.82) is 0 Å². The zero-order valence-corrected chi connectivity index (χ0v) is 13.0. The van der Waals surface area contributed by atoms with E-state index >= 15 is 0 Å². The monoisotopic (exact) mass is 296 g/mol. The quantitative estimate of drug-likeness (QED) is 0.791. The number of esters is 1. The van der Waals surface area contributed by atoms with Gasteiger partial charge in [-0.3, -0.25) is 4.79 Å². The van der Waals surface area contributed by atoms with E-state index < -0.39 is 0 Å². The molecule has 0 radical (unpaired) electrons. The van der Waals surface area contributed by atoms with Crippen LogP contribution in [-0.4, -0.2) is 5.97 Å². The van der Waals surface area contributed by atoms with E-state index in [1.54, 1.807) is 0 Å². The number of benzene rings is 2. The van der Waals surface area contributed by atoms with Gasteiger partial charge >= 0.3 is 5.97 Å². The van der Waals surface area contributed by atoms with Crippen molar-refractivity contribution in [2.24, 2.45) is 0 Å². The summed E-state index contributed by atoms with van der Waals surface area (Å²) in [4.78, 5) is 11.2. The van der Waals surface area contributed by atoms with E-state index in [1.807, 2.05) is 24.3 Å². The molecule has 1 unspecified atom stereocenters. The largest absolute Gasteiger partial charge is 0.489 e. The molecule has 22 heavy (non-hydrogen) atoms. The standard InChI is InChI=1S/C19H20O3/c1-13-5-3-6-14(2)17(13)12-21-16-8-4-7-15(11-16)18-9-10-19(20)22-18/h3-8,11,18H,9-10,12H2,1-2H3. The van der Waals surface area contributed by atoms with Crippen LogP contribution in [0.2, 0.25) is 0 Å². The number of hydrogen-bond donors (Lipinski definition) is 0. The molecule has 1 heterocycles. The molecule has 3 nitrogen and oxygen atoms in total. The van der Waals surface area contributed by atoms with Crippen LogP contribution in [0.5, 0.6) is 5.75 Å². The van der Waals surface area contributed by atoms with Crippen molar-refractivity contribution in [1.82, 2.24) is 0 Å². The Balaban J connectivity index is 1.72. The minimum absolute atomic E-state index is 0.119. The van der Waals surface area contributed by atoms with Crippen LogP contribution in [0, 0.1) is 13.8 Å². The second-order valence-electron chi connectivity index (χ2n) is 5.75. The van der Waals surface area contributed by atoms with Gasteiger partial charge < -0.3 is 9.47 Å². The maximum atomic E-state index is 11.2. The van der Waals surface area contributed by atoms with Gasteiger partial charge in [0, 0.05) is 6.42 Å². The van der Waals surface area contributed by atoms with Crippen LogP contribution >= 0.6 is 0 Å². The summed E-state index contributed by atoms with van der Waals surface area (Å²) >= 11 is 0. The number of hydrogen-bond acceptors (Lipinski definition) is 3. The van der Waals surface area contributed by atoms with Gasteiger partial charge in [0.25, 0.3) is 0 Å². The molecule has 2 aromatic rings. The second kappa shape index (κ2) is 6.22. The third kappa shape index (κ3) is 3.14. The van der Waals surface area contributed by atoms with Crippen molar-refractivity contribution in [3.63, 3.8) is 0 Å². The fourth-order valence-electron chi connectivity index (χ4n) is 2.80. The Labute approximate surface area is 130 Å². The SMILES string of the molecule is Cc1cccc(C)c1COc1cccc(C2CCC(=O)O2)c1. The lowest BCUT2D eigenvalue weighted by Crippen LogP contribution is -2.02. The number of carbonyl (C=O) groups excluding carboxylic acids is 1. The maximum Gasteiger partial charge on any atom is 0.306 e. The van der Waals surface area contributed by atoms with Crippen LogP contribution in [0.25, 0.3) is 0 Å². The predicted octanol–water partition coefficient (Wildman–Crippen LogP) is 4.26. The average molecular weight is 296 g/mol. The van der Waals surface area contributed by atoms with Crippen LogP contribution < -0.4 is 4.74 Å². The van der Waals surface area contributed by atoms with Crippen LogP contribution in [0.1, 0.15) is 41.2 Å². The van der Waals surface area contributed by atoms with E-state index in [0.29, 0.717) is 13.0 Å². The van der Waals surface area contributed by atoms with E-state index in [1.165, 1.54) is 16.7 Å². The highest BCUT2D eigenvalue weighted by Gasteiger charge is 2.24. The molecule has 1 aliphatic rings. The first-order valence-corrected chi connectivity index (χ1v) is 7.61. The minimum atomic E-state index is -0.128. The van der Waals surface area contributed by atoms with Crippen molar-refractivity contribution in [3.8, 4) is 5.75 Å². The van der Waals surface area contributed by atoms with E-state index in [9.17, 15) is 4.79 Å². The zero-order valence-electron chi connectivity index (χ0n) is 13.0. The molecule has 0 saturated carbocycles. The van der Waals surface area contributed by atoms with Crippen molar-refractivity contribution < 1.29 is 14.3 Å². The molecule has 0 aliphatic carbocycles. The smallest absolute Gasteiger partial charge is 0.306 e. The highest BCUT2D eigenvalue weighted by atomic mass is 16.5. The van der Waals surface area contributed by atoms with Crippen molar-refractivity contribution >= 4 is 5.97 Å². The Morgan fingerprint density at radius 1 is 1.14 bits per heavy atom. The maximum absolute atomic E-state index is 11.2. The van der Waals surface area contributed by atoms with Gasteiger partial charge in [-0.1, -0.05) is 30.3 Å². The van der Waals surface area contributed by atoms with E-state index in [4.69, 9.17) is 9.47 Å². The van der Waals surface area contributed by atoms with Gasteiger partial charge in [-0.25, -0.2) is 0 Å². The number of carbonyl (C=O) groups is 1. The van der Waals surface area contributed by atoms with Gasteiger partial charge in [-0.15, -0.1) is 0 Å². The Morgan fingerprint density at radius 3 is 2.55 bits per heavy atom. The highest BCUT2D eigenvalue weighted by molar-refractivity contribution is 5.71. The van der Waals surface area contributed by atoms with Crippen LogP contribution in [0.3, 0.4) is 0 Å². The number of aryl methyl sites for hydroxylation is 2. The average Bonchev–Trinajstić information content (AvgIpc) is 2.94. The highest BCUT2D eigenvalue weighted by Crippen LogP contribution is 2.31. The van der Waals surface area contributed by atoms with E-state index in [-0.39, 0.29) is 12.1 Å². The lowest BCUT2D eigenvalue weighted by atomic mass is 10.0. The molecule has 0 amide bonds. The first-order valence-electron chi connectivity index (χ1n) is 7.61.